The zero-order valence-corrected chi connectivity index (χ0v) is 33.0. The standard InChI is InChI=1S/C9H17N.2C8H14F3N.C8H16FN.C8H10/c1-8-4-6-10(7-5-8)9-2-3-9;1-7-2-4-12(6-7)5-3-8(9,10)11;1-7-2-4-12(5-3-7)6-8(9,10)11;1-8-2-5-10(6-3-8)7-4-9;1-2-8-6-4-3-5-7-8/h8-9H,2-7H2,1H3;2*7H,2-6H2,1H3;8H,2-7H2,1H3;3-7H,2H2,1H3/t;7-;;;/m.1.../s1. The summed E-state index contributed by atoms with van der Waals surface area (Å²) in [5.41, 5.74) is 1.41. The quantitative estimate of drug-likeness (QED) is 0.257. The Morgan fingerprint density at radius 2 is 1.02 bits per heavy atom. The van der Waals surface area contributed by atoms with Gasteiger partial charge in [0, 0.05) is 25.7 Å². The number of hydrogen-bond acceptors (Lipinski definition) is 4. The van der Waals surface area contributed by atoms with Crippen molar-refractivity contribution in [3.8, 4) is 0 Å². The van der Waals surface area contributed by atoms with Gasteiger partial charge in [-0.2, -0.15) is 26.3 Å². The number of aryl methyl sites for hydroxylation is 1. The third kappa shape index (κ3) is 23.4. The molecule has 1 aliphatic carbocycles. The zero-order valence-electron chi connectivity index (χ0n) is 33.0. The molecule has 0 aromatic heterocycles. The lowest BCUT2D eigenvalue weighted by Gasteiger charge is -2.30. The number of rotatable bonds is 7. The summed E-state index contributed by atoms with van der Waals surface area (Å²) >= 11 is 0. The first kappa shape index (κ1) is 46.7. The third-order valence-electron chi connectivity index (χ3n) is 10.9. The van der Waals surface area contributed by atoms with Crippen LogP contribution in [-0.4, -0.2) is 117 Å². The fourth-order valence-corrected chi connectivity index (χ4v) is 6.94. The van der Waals surface area contributed by atoms with E-state index in [9.17, 15) is 30.7 Å². The Kier molecular flexibility index (Phi) is 22.3. The van der Waals surface area contributed by atoms with Crippen LogP contribution in [0.2, 0.25) is 0 Å². The minimum absolute atomic E-state index is 0.174. The zero-order chi connectivity index (χ0) is 38.6. The molecule has 5 aliphatic rings. The van der Waals surface area contributed by atoms with E-state index < -0.39 is 25.3 Å². The molecule has 0 bridgehead atoms. The third-order valence-corrected chi connectivity index (χ3v) is 10.9. The molecule has 4 nitrogen and oxygen atoms in total. The lowest BCUT2D eigenvalue weighted by atomic mass is 9.99. The number of likely N-dealkylation sites (tertiary alicyclic amines) is 4. The summed E-state index contributed by atoms with van der Waals surface area (Å²) in [6.45, 7) is 18.7. The second-order valence-corrected chi connectivity index (χ2v) is 16.1. The number of alkyl halides is 7. The van der Waals surface area contributed by atoms with Gasteiger partial charge in [0.15, 0.2) is 0 Å². The van der Waals surface area contributed by atoms with Crippen molar-refractivity contribution < 1.29 is 30.7 Å². The van der Waals surface area contributed by atoms with E-state index >= 15 is 0 Å². The van der Waals surface area contributed by atoms with Crippen molar-refractivity contribution in [3.05, 3.63) is 35.9 Å². The topological polar surface area (TPSA) is 13.0 Å². The van der Waals surface area contributed by atoms with Gasteiger partial charge in [0.05, 0.1) is 13.0 Å². The number of nitrogens with zero attached hydrogens (tertiary/aromatic N) is 4. The van der Waals surface area contributed by atoms with E-state index in [0.29, 0.717) is 31.5 Å². The molecule has 4 aliphatic heterocycles. The molecular formula is C41H71F7N4. The summed E-state index contributed by atoms with van der Waals surface area (Å²) < 4.78 is 82.9. The van der Waals surface area contributed by atoms with Gasteiger partial charge in [-0.1, -0.05) is 65.0 Å². The van der Waals surface area contributed by atoms with E-state index in [2.05, 4.69) is 68.7 Å². The number of hydrogen-bond donors (Lipinski definition) is 0. The predicted molar refractivity (Wildman–Crippen MR) is 201 cm³/mol. The van der Waals surface area contributed by atoms with Crippen LogP contribution in [0, 0.1) is 23.7 Å². The molecule has 5 fully saturated rings. The van der Waals surface area contributed by atoms with E-state index in [1.165, 1.54) is 62.1 Å². The Hall–Kier alpha value is -1.43. The van der Waals surface area contributed by atoms with Gasteiger partial charge in [-0.3, -0.25) is 4.90 Å². The molecule has 52 heavy (non-hydrogen) atoms. The number of piperidine rings is 3. The molecule has 1 aromatic rings. The van der Waals surface area contributed by atoms with E-state index in [4.69, 9.17) is 0 Å². The van der Waals surface area contributed by atoms with Gasteiger partial charge in [0.1, 0.15) is 6.67 Å². The Labute approximate surface area is 311 Å². The molecule has 0 spiro atoms. The van der Waals surface area contributed by atoms with Crippen LogP contribution in [0.4, 0.5) is 30.7 Å². The molecule has 1 aromatic carbocycles. The highest BCUT2D eigenvalue weighted by molar-refractivity contribution is 5.13. The van der Waals surface area contributed by atoms with Crippen molar-refractivity contribution in [3.63, 3.8) is 0 Å². The fourth-order valence-electron chi connectivity index (χ4n) is 6.94. The van der Waals surface area contributed by atoms with Gasteiger partial charge in [0.2, 0.25) is 0 Å². The highest BCUT2D eigenvalue weighted by Crippen LogP contribution is 2.30. The predicted octanol–water partition coefficient (Wildman–Crippen LogP) is 10.4. The Morgan fingerprint density at radius 1 is 0.558 bits per heavy atom. The number of benzene rings is 1. The van der Waals surface area contributed by atoms with Crippen LogP contribution in [0.1, 0.15) is 104 Å². The minimum Gasteiger partial charge on any atom is -0.303 e. The van der Waals surface area contributed by atoms with E-state index in [1.807, 2.05) is 11.0 Å². The number of halogens is 7. The monoisotopic (exact) mass is 753 g/mol. The van der Waals surface area contributed by atoms with Crippen molar-refractivity contribution in [1.82, 2.24) is 19.6 Å². The maximum atomic E-state index is 11.9. The smallest absolute Gasteiger partial charge is 0.303 e. The Balaban J connectivity index is 0.000000226. The summed E-state index contributed by atoms with van der Waals surface area (Å²) in [4.78, 5) is 8.26. The maximum Gasteiger partial charge on any atom is 0.401 e. The second kappa shape index (κ2) is 24.9. The van der Waals surface area contributed by atoms with E-state index in [0.717, 1.165) is 69.7 Å². The lowest BCUT2D eigenvalue weighted by Crippen LogP contribution is -2.39. The molecule has 304 valence electrons. The van der Waals surface area contributed by atoms with Gasteiger partial charge in [-0.25, -0.2) is 4.39 Å². The average Bonchev–Trinajstić information content (AvgIpc) is 3.87. The largest absolute Gasteiger partial charge is 0.401 e. The Bertz CT molecular complexity index is 997. The first-order valence-electron chi connectivity index (χ1n) is 20.2. The summed E-state index contributed by atoms with van der Waals surface area (Å²) in [6.07, 6.45) is 3.63. The molecule has 1 saturated carbocycles. The normalized spacial score (nSPS) is 23.3. The van der Waals surface area contributed by atoms with Gasteiger partial charge in [-0.05, 0) is 139 Å². The van der Waals surface area contributed by atoms with Crippen LogP contribution >= 0.6 is 0 Å². The highest BCUT2D eigenvalue weighted by atomic mass is 19.4. The van der Waals surface area contributed by atoms with Gasteiger partial charge >= 0.3 is 12.4 Å². The lowest BCUT2D eigenvalue weighted by molar-refractivity contribution is -0.148. The average molecular weight is 753 g/mol. The van der Waals surface area contributed by atoms with Crippen molar-refractivity contribution in [1.29, 1.82) is 0 Å². The molecule has 4 heterocycles. The van der Waals surface area contributed by atoms with Gasteiger partial charge in [0.25, 0.3) is 0 Å². The molecule has 11 heteroatoms. The summed E-state index contributed by atoms with van der Waals surface area (Å²) in [5.74, 6) is 3.01. The maximum absolute atomic E-state index is 11.9. The summed E-state index contributed by atoms with van der Waals surface area (Å²) in [5, 5.41) is 0. The molecule has 4 saturated heterocycles. The van der Waals surface area contributed by atoms with Crippen molar-refractivity contribution in [2.45, 2.75) is 124 Å². The fraction of sp³-hybridized carbons (Fsp3) is 0.854. The van der Waals surface area contributed by atoms with Crippen LogP contribution in [0.5, 0.6) is 0 Å². The first-order valence-corrected chi connectivity index (χ1v) is 20.2. The SMILES string of the molecule is CC1CCN(C2CC2)CC1.CC1CCN(CC(F)(F)F)CC1.CC1CCN(CCF)CC1.CCc1ccccc1.C[C@@H]1CCN(CCC(F)(F)F)C1. The summed E-state index contributed by atoms with van der Waals surface area (Å²) in [6, 6.07) is 11.5. The molecule has 6 rings (SSSR count). The van der Waals surface area contributed by atoms with Crippen LogP contribution in [0.3, 0.4) is 0 Å². The molecule has 1 atom stereocenters. The van der Waals surface area contributed by atoms with Crippen molar-refractivity contribution >= 4 is 0 Å². The molecule has 0 radical (unpaired) electrons. The molecule has 0 unspecified atom stereocenters. The summed E-state index contributed by atoms with van der Waals surface area (Å²) in [7, 11) is 0. The van der Waals surface area contributed by atoms with Gasteiger partial charge in [-0.15, -0.1) is 0 Å². The van der Waals surface area contributed by atoms with Crippen LogP contribution < -0.4 is 0 Å². The highest BCUT2D eigenvalue weighted by Gasteiger charge is 2.32. The van der Waals surface area contributed by atoms with Crippen LogP contribution in [0.15, 0.2) is 30.3 Å². The van der Waals surface area contributed by atoms with Crippen molar-refractivity contribution in [2.24, 2.45) is 23.7 Å². The molecule has 0 N–H and O–H groups in total. The van der Waals surface area contributed by atoms with Crippen LogP contribution in [0.25, 0.3) is 0 Å². The van der Waals surface area contributed by atoms with Gasteiger partial charge < -0.3 is 14.7 Å². The van der Waals surface area contributed by atoms with E-state index in [1.54, 1.807) is 0 Å². The minimum atomic E-state index is -4.03. The molecule has 0 amide bonds. The van der Waals surface area contributed by atoms with E-state index in [-0.39, 0.29) is 13.2 Å². The first-order chi connectivity index (χ1) is 24.6. The van der Waals surface area contributed by atoms with Crippen LogP contribution in [-0.2, 0) is 6.42 Å². The Morgan fingerprint density at radius 3 is 1.40 bits per heavy atom. The second-order valence-electron chi connectivity index (χ2n) is 16.1. The molecular weight excluding hydrogens is 681 g/mol. The van der Waals surface area contributed by atoms with Crippen molar-refractivity contribution in [2.75, 3.05) is 78.7 Å².